The summed E-state index contributed by atoms with van der Waals surface area (Å²) in [7, 11) is 1.82. The van der Waals surface area contributed by atoms with Gasteiger partial charge >= 0.3 is 0 Å². The molecule has 1 aromatic carbocycles. The van der Waals surface area contributed by atoms with E-state index in [4.69, 9.17) is 10.5 Å². The fourth-order valence-electron chi connectivity index (χ4n) is 2.87. The summed E-state index contributed by atoms with van der Waals surface area (Å²) in [5, 5.41) is 14.5. The van der Waals surface area contributed by atoms with Crippen LogP contribution in [0, 0.1) is 5.82 Å². The van der Waals surface area contributed by atoms with Crippen molar-refractivity contribution in [1.82, 2.24) is 9.78 Å². The Hall–Kier alpha value is -2.51. The number of aliphatic imine (C=N–C) groups is 1. The number of rotatable bonds is 6. The molecule has 1 aliphatic rings. The van der Waals surface area contributed by atoms with Crippen LogP contribution in [0.5, 0.6) is 0 Å². The van der Waals surface area contributed by atoms with Crippen molar-refractivity contribution in [3.63, 3.8) is 0 Å². The third-order valence-electron chi connectivity index (χ3n) is 4.30. The monoisotopic (exact) mass is 358 g/mol. The van der Waals surface area contributed by atoms with E-state index in [-0.39, 0.29) is 11.9 Å². The Labute approximate surface area is 151 Å². The Balaban J connectivity index is 1.92. The van der Waals surface area contributed by atoms with E-state index in [1.807, 2.05) is 13.2 Å². The van der Waals surface area contributed by atoms with Crippen LogP contribution in [-0.2, 0) is 18.2 Å². The molecule has 1 saturated heterocycles. The smallest absolute Gasteiger partial charge is 0.123 e. The second-order valence-electron chi connectivity index (χ2n) is 6.47. The van der Waals surface area contributed by atoms with Crippen molar-refractivity contribution < 1.29 is 14.2 Å². The molecule has 0 bridgehead atoms. The molecule has 1 aliphatic heterocycles. The number of nitrogens with two attached hydrogens (primary N) is 1. The van der Waals surface area contributed by atoms with Gasteiger partial charge in [-0.1, -0.05) is 0 Å². The van der Waals surface area contributed by atoms with Gasteiger partial charge in [0.05, 0.1) is 31.1 Å². The highest BCUT2D eigenvalue weighted by atomic mass is 19.1. The van der Waals surface area contributed by atoms with Crippen LogP contribution in [0.25, 0.3) is 11.3 Å². The predicted octanol–water partition coefficient (Wildman–Crippen LogP) is 2.13. The minimum Gasteiger partial charge on any atom is -0.404 e. The maximum absolute atomic E-state index is 13.6. The van der Waals surface area contributed by atoms with E-state index in [2.05, 4.69) is 10.1 Å². The number of hydrogen-bond acceptors (Lipinski definition) is 5. The first-order chi connectivity index (χ1) is 12.5. The van der Waals surface area contributed by atoms with E-state index < -0.39 is 6.10 Å². The molecule has 3 N–H and O–H groups in total. The Morgan fingerprint density at radius 2 is 2.31 bits per heavy atom. The van der Waals surface area contributed by atoms with E-state index in [1.54, 1.807) is 23.9 Å². The van der Waals surface area contributed by atoms with E-state index >= 15 is 0 Å². The molecule has 2 heterocycles. The van der Waals surface area contributed by atoms with Crippen molar-refractivity contribution in [1.29, 1.82) is 0 Å². The average Bonchev–Trinajstić information content (AvgIpc) is 2.92. The molecule has 0 saturated carbocycles. The summed E-state index contributed by atoms with van der Waals surface area (Å²) in [6.45, 7) is 2.89. The molecule has 0 spiro atoms. The molecule has 0 amide bonds. The molecule has 7 heteroatoms. The van der Waals surface area contributed by atoms with E-state index in [1.165, 1.54) is 18.3 Å². The van der Waals surface area contributed by atoms with Crippen LogP contribution in [0.15, 0.2) is 41.2 Å². The van der Waals surface area contributed by atoms with Gasteiger partial charge in [-0.05, 0) is 42.5 Å². The molecule has 3 rings (SSSR count). The van der Waals surface area contributed by atoms with Crippen LogP contribution in [-0.4, -0.2) is 40.4 Å². The SMILES string of the molecule is C[C@@H](O)c1cc(F)ccc1-c1nn(C)cc1CC(C=NC1COC1)=CN. The average molecular weight is 358 g/mol. The highest BCUT2D eigenvalue weighted by Crippen LogP contribution is 2.31. The standard InChI is InChI=1S/C19H23FN4O2/c1-12(25)18-6-15(20)3-4-17(18)19-14(9-24(2)23-19)5-13(7-21)8-22-16-10-26-11-16/h3-4,6-9,12,16,25H,5,10-11,21H2,1-2H3/t12-/m1/s1. The molecular formula is C19H23FN4O2. The van der Waals surface area contributed by atoms with Crippen molar-refractivity contribution in [2.24, 2.45) is 17.8 Å². The van der Waals surface area contributed by atoms with Crippen LogP contribution in [0.1, 0.15) is 24.2 Å². The Bertz CT molecular complexity index is 838. The third-order valence-corrected chi connectivity index (χ3v) is 4.30. The van der Waals surface area contributed by atoms with Gasteiger partial charge in [-0.2, -0.15) is 5.10 Å². The number of allylic oxidation sites excluding steroid dienone is 1. The Morgan fingerprint density at radius 3 is 2.92 bits per heavy atom. The van der Waals surface area contributed by atoms with Crippen molar-refractivity contribution in [2.45, 2.75) is 25.5 Å². The summed E-state index contributed by atoms with van der Waals surface area (Å²) in [5.74, 6) is -0.389. The minimum absolute atomic E-state index is 0.192. The second-order valence-corrected chi connectivity index (χ2v) is 6.47. The highest BCUT2D eigenvalue weighted by molar-refractivity contribution is 5.80. The van der Waals surface area contributed by atoms with Crippen molar-refractivity contribution in [3.05, 3.63) is 53.1 Å². The molecule has 1 fully saturated rings. The Kier molecular flexibility index (Phi) is 5.49. The number of halogens is 1. The first-order valence-corrected chi connectivity index (χ1v) is 8.50. The summed E-state index contributed by atoms with van der Waals surface area (Å²) >= 11 is 0. The molecule has 2 aromatic rings. The molecule has 0 unspecified atom stereocenters. The number of nitrogens with zero attached hydrogens (tertiary/aromatic N) is 3. The number of aryl methyl sites for hydroxylation is 1. The molecule has 26 heavy (non-hydrogen) atoms. The number of aliphatic hydroxyl groups is 1. The summed E-state index contributed by atoms with van der Waals surface area (Å²) in [5.41, 5.74) is 9.44. The predicted molar refractivity (Wildman–Crippen MR) is 98.3 cm³/mol. The molecule has 138 valence electrons. The first kappa shape index (κ1) is 18.3. The first-order valence-electron chi connectivity index (χ1n) is 8.50. The number of aliphatic hydroxyl groups excluding tert-OH is 1. The van der Waals surface area contributed by atoms with Crippen LogP contribution >= 0.6 is 0 Å². The van der Waals surface area contributed by atoms with Gasteiger partial charge in [0.15, 0.2) is 0 Å². The molecular weight excluding hydrogens is 335 g/mol. The summed E-state index contributed by atoms with van der Waals surface area (Å²) in [6.07, 6.45) is 4.92. The van der Waals surface area contributed by atoms with Gasteiger partial charge in [-0.3, -0.25) is 9.67 Å². The lowest BCUT2D eigenvalue weighted by Gasteiger charge is -2.21. The normalized spacial score (nSPS) is 16.8. The van der Waals surface area contributed by atoms with Crippen molar-refractivity contribution in [2.75, 3.05) is 13.2 Å². The third kappa shape index (κ3) is 4.00. The highest BCUT2D eigenvalue weighted by Gasteiger charge is 2.19. The van der Waals surface area contributed by atoms with Crippen molar-refractivity contribution in [3.8, 4) is 11.3 Å². The largest absolute Gasteiger partial charge is 0.404 e. The van der Waals surface area contributed by atoms with Gasteiger partial charge in [-0.25, -0.2) is 4.39 Å². The fraction of sp³-hybridized carbons (Fsp3) is 0.368. The number of ether oxygens (including phenoxy) is 1. The molecule has 0 radical (unpaired) electrons. The lowest BCUT2D eigenvalue weighted by molar-refractivity contribution is 0.0135. The second kappa shape index (κ2) is 7.80. The zero-order valence-electron chi connectivity index (χ0n) is 14.9. The van der Waals surface area contributed by atoms with E-state index in [0.29, 0.717) is 36.5 Å². The maximum Gasteiger partial charge on any atom is 0.123 e. The topological polar surface area (TPSA) is 85.7 Å². The quantitative estimate of drug-likeness (QED) is 0.775. The number of aromatic nitrogens is 2. The number of benzene rings is 1. The van der Waals surface area contributed by atoms with E-state index in [0.717, 1.165) is 11.1 Å². The number of hydrogen-bond donors (Lipinski definition) is 2. The summed E-state index contributed by atoms with van der Waals surface area (Å²) in [4.78, 5) is 4.45. The van der Waals surface area contributed by atoms with E-state index in [9.17, 15) is 9.50 Å². The maximum atomic E-state index is 13.6. The van der Waals surface area contributed by atoms with Gasteiger partial charge in [-0.15, -0.1) is 0 Å². The fourth-order valence-corrected chi connectivity index (χ4v) is 2.87. The van der Waals surface area contributed by atoms with Gasteiger partial charge < -0.3 is 15.6 Å². The van der Waals surface area contributed by atoms with Crippen LogP contribution in [0.3, 0.4) is 0 Å². The molecule has 1 aromatic heterocycles. The zero-order chi connectivity index (χ0) is 18.7. The summed E-state index contributed by atoms with van der Waals surface area (Å²) < 4.78 is 20.4. The molecule has 6 nitrogen and oxygen atoms in total. The van der Waals surface area contributed by atoms with Crippen molar-refractivity contribution >= 4 is 6.21 Å². The summed E-state index contributed by atoms with van der Waals surface area (Å²) in [6, 6.07) is 4.56. The van der Waals surface area contributed by atoms with Gasteiger partial charge in [0.25, 0.3) is 0 Å². The zero-order valence-corrected chi connectivity index (χ0v) is 14.9. The lowest BCUT2D eigenvalue weighted by Crippen LogP contribution is -2.31. The van der Waals surface area contributed by atoms with Gasteiger partial charge in [0, 0.05) is 37.0 Å². The Morgan fingerprint density at radius 1 is 1.54 bits per heavy atom. The lowest BCUT2D eigenvalue weighted by atomic mass is 9.96. The van der Waals surface area contributed by atoms with Crippen LogP contribution < -0.4 is 5.73 Å². The van der Waals surface area contributed by atoms with Gasteiger partial charge in [0.1, 0.15) is 5.82 Å². The van der Waals surface area contributed by atoms with Crippen LogP contribution in [0.2, 0.25) is 0 Å². The molecule has 1 atom stereocenters. The molecule has 0 aliphatic carbocycles. The van der Waals surface area contributed by atoms with Gasteiger partial charge in [0.2, 0.25) is 0 Å². The van der Waals surface area contributed by atoms with Crippen LogP contribution in [0.4, 0.5) is 4.39 Å². The minimum atomic E-state index is -0.805.